The molecule has 1 aliphatic heterocycles. The Kier molecular flexibility index (Phi) is 7.53. The molecule has 1 amide bonds. The van der Waals surface area contributed by atoms with Gasteiger partial charge in [0, 0.05) is 29.7 Å². The van der Waals surface area contributed by atoms with E-state index in [1.165, 1.54) is 17.7 Å². The Morgan fingerprint density at radius 3 is 2.47 bits per heavy atom. The van der Waals surface area contributed by atoms with Gasteiger partial charge in [-0.25, -0.2) is 4.79 Å². The van der Waals surface area contributed by atoms with E-state index >= 15 is 0 Å². The second kappa shape index (κ2) is 10.3. The summed E-state index contributed by atoms with van der Waals surface area (Å²) < 4.78 is 10.5. The summed E-state index contributed by atoms with van der Waals surface area (Å²) in [4.78, 5) is 24.3. The van der Waals surface area contributed by atoms with Crippen molar-refractivity contribution in [2.75, 3.05) is 20.3 Å². The number of ether oxygens (including phenoxy) is 2. The number of methoxy groups -OCH3 is 1. The Morgan fingerprint density at radius 1 is 1.20 bits per heavy atom. The molecule has 30 heavy (non-hydrogen) atoms. The monoisotopic (exact) mass is 432 g/mol. The molecule has 3 rings (SSSR count). The zero-order chi connectivity index (χ0) is 21.5. The van der Waals surface area contributed by atoms with Crippen LogP contribution in [0.1, 0.15) is 17.5 Å². The molecule has 0 saturated carbocycles. The maximum Gasteiger partial charge on any atom is 0.410 e. The van der Waals surface area contributed by atoms with Crippen molar-refractivity contribution < 1.29 is 24.3 Å². The molecule has 8 nitrogen and oxygen atoms in total. The molecule has 160 valence electrons. The molecular weight excluding hydrogens is 408 g/mol. The molecule has 9 heteroatoms. The fourth-order valence-electron chi connectivity index (χ4n) is 3.27. The lowest BCUT2D eigenvalue weighted by Crippen LogP contribution is -2.38. The minimum absolute atomic E-state index is 0.0123. The Hall–Kier alpha value is -2.78. The predicted molar refractivity (Wildman–Crippen MR) is 114 cm³/mol. The van der Waals surface area contributed by atoms with Crippen molar-refractivity contribution in [3.05, 3.63) is 69.8 Å². The van der Waals surface area contributed by atoms with Gasteiger partial charge in [0.1, 0.15) is 12.4 Å². The summed E-state index contributed by atoms with van der Waals surface area (Å²) in [6, 6.07) is 13.5. The molecule has 2 aromatic carbocycles. The number of carbonyl (C=O) groups is 1. The number of aliphatic hydroxyl groups excluding tert-OH is 1. The zero-order valence-electron chi connectivity index (χ0n) is 16.6. The van der Waals surface area contributed by atoms with Gasteiger partial charge < -0.3 is 19.5 Å². The highest BCUT2D eigenvalue weighted by Gasteiger charge is 2.36. The smallest absolute Gasteiger partial charge is 0.410 e. The fraction of sp³-hybridized carbons (Fsp3) is 0.381. The van der Waals surface area contributed by atoms with Gasteiger partial charge in [0.15, 0.2) is 0 Å². The van der Waals surface area contributed by atoms with Crippen LogP contribution in [0.4, 0.5) is 10.5 Å². The highest BCUT2D eigenvalue weighted by molar-refractivity contribution is 7.99. The molecule has 1 fully saturated rings. The third kappa shape index (κ3) is 5.64. The van der Waals surface area contributed by atoms with Crippen molar-refractivity contribution in [2.24, 2.45) is 0 Å². The highest BCUT2D eigenvalue weighted by Crippen LogP contribution is 2.30. The number of carbonyl (C=O) groups excluding carboxylic acids is 1. The van der Waals surface area contributed by atoms with Gasteiger partial charge in [-0.05, 0) is 41.8 Å². The molecule has 2 atom stereocenters. The molecule has 1 heterocycles. The van der Waals surface area contributed by atoms with E-state index in [9.17, 15) is 20.0 Å². The Labute approximate surface area is 178 Å². The third-order valence-corrected chi connectivity index (χ3v) is 6.29. The van der Waals surface area contributed by atoms with Gasteiger partial charge >= 0.3 is 6.09 Å². The lowest BCUT2D eigenvalue weighted by molar-refractivity contribution is -0.384. The van der Waals surface area contributed by atoms with Crippen molar-refractivity contribution in [1.29, 1.82) is 0 Å². The second-order valence-corrected chi connectivity index (χ2v) is 8.27. The van der Waals surface area contributed by atoms with E-state index in [1.54, 1.807) is 35.9 Å². The number of thioether (sulfide) groups is 1. The van der Waals surface area contributed by atoms with Crippen LogP contribution in [0, 0.1) is 10.1 Å². The number of non-ortho nitro benzene ring substituents is 1. The van der Waals surface area contributed by atoms with Crippen molar-refractivity contribution >= 4 is 23.5 Å². The number of nitro groups is 1. The number of benzene rings is 2. The number of hydrogen-bond donors (Lipinski definition) is 1. The SMILES string of the molecule is COc1ccc(CSC2C[C@@H](CO)N(C(=O)OCc3ccc([N+](=O)[O-])cc3)C2)cc1. The first-order valence-corrected chi connectivity index (χ1v) is 10.6. The summed E-state index contributed by atoms with van der Waals surface area (Å²) in [6.07, 6.45) is 0.212. The van der Waals surface area contributed by atoms with E-state index in [4.69, 9.17) is 9.47 Å². The van der Waals surface area contributed by atoms with Gasteiger partial charge in [0.25, 0.3) is 5.69 Å². The van der Waals surface area contributed by atoms with Crippen LogP contribution in [0.3, 0.4) is 0 Å². The van der Waals surface area contributed by atoms with E-state index in [1.807, 2.05) is 24.3 Å². The van der Waals surface area contributed by atoms with Crippen LogP contribution < -0.4 is 4.74 Å². The maximum absolute atomic E-state index is 12.5. The topological polar surface area (TPSA) is 102 Å². The van der Waals surface area contributed by atoms with Gasteiger partial charge in [-0.2, -0.15) is 11.8 Å². The average Bonchev–Trinajstić information content (AvgIpc) is 3.20. The molecule has 0 spiro atoms. The van der Waals surface area contributed by atoms with E-state index in [2.05, 4.69) is 0 Å². The zero-order valence-corrected chi connectivity index (χ0v) is 17.4. The van der Waals surface area contributed by atoms with Crippen LogP contribution in [-0.2, 0) is 17.1 Å². The minimum Gasteiger partial charge on any atom is -0.497 e. The van der Waals surface area contributed by atoms with Crippen molar-refractivity contribution in [3.63, 3.8) is 0 Å². The first kappa shape index (κ1) is 21.9. The van der Waals surface area contributed by atoms with E-state index < -0.39 is 11.0 Å². The lowest BCUT2D eigenvalue weighted by atomic mass is 10.2. The van der Waals surface area contributed by atoms with Crippen LogP contribution in [0.2, 0.25) is 0 Å². The third-order valence-electron chi connectivity index (χ3n) is 4.98. The van der Waals surface area contributed by atoms with E-state index in [0.29, 0.717) is 18.5 Å². The quantitative estimate of drug-likeness (QED) is 0.502. The number of amides is 1. The molecule has 0 aliphatic carbocycles. The summed E-state index contributed by atoms with van der Waals surface area (Å²) in [6.45, 7) is 0.409. The van der Waals surface area contributed by atoms with E-state index in [-0.39, 0.29) is 30.2 Å². The molecule has 1 saturated heterocycles. The highest BCUT2D eigenvalue weighted by atomic mass is 32.2. The minimum atomic E-state index is -0.486. The summed E-state index contributed by atoms with van der Waals surface area (Å²) in [7, 11) is 1.63. The van der Waals surface area contributed by atoms with Gasteiger partial charge in [0.05, 0.1) is 24.7 Å². The molecule has 1 aliphatic rings. The average molecular weight is 432 g/mol. The number of likely N-dealkylation sites (tertiary alicyclic amines) is 1. The summed E-state index contributed by atoms with van der Waals surface area (Å²) in [5.41, 5.74) is 1.82. The number of aliphatic hydroxyl groups is 1. The van der Waals surface area contributed by atoms with Crippen LogP contribution in [-0.4, -0.2) is 52.6 Å². The summed E-state index contributed by atoms with van der Waals surface area (Å²) >= 11 is 1.74. The lowest BCUT2D eigenvalue weighted by Gasteiger charge is -2.22. The van der Waals surface area contributed by atoms with Gasteiger partial charge in [-0.15, -0.1) is 0 Å². The molecular formula is C21H24N2O6S. The largest absolute Gasteiger partial charge is 0.497 e. The van der Waals surface area contributed by atoms with Crippen LogP contribution >= 0.6 is 11.8 Å². The fourth-order valence-corrected chi connectivity index (χ4v) is 4.51. The van der Waals surface area contributed by atoms with Crippen molar-refractivity contribution in [3.8, 4) is 5.75 Å². The number of nitro benzene ring substituents is 1. The van der Waals surface area contributed by atoms with Gasteiger partial charge in [-0.3, -0.25) is 10.1 Å². The molecule has 0 radical (unpaired) electrons. The first-order chi connectivity index (χ1) is 14.5. The predicted octanol–water partition coefficient (Wildman–Crippen LogP) is 3.61. The second-order valence-electron chi connectivity index (χ2n) is 6.98. The van der Waals surface area contributed by atoms with Crippen molar-refractivity contribution in [1.82, 2.24) is 4.90 Å². The Morgan fingerprint density at radius 2 is 1.87 bits per heavy atom. The van der Waals surface area contributed by atoms with Crippen LogP contribution in [0.5, 0.6) is 5.75 Å². The Balaban J connectivity index is 1.50. The van der Waals surface area contributed by atoms with Crippen molar-refractivity contribution in [2.45, 2.75) is 30.1 Å². The van der Waals surface area contributed by atoms with Crippen LogP contribution in [0.15, 0.2) is 48.5 Å². The standard InChI is InChI=1S/C21H24N2O6S/c1-28-19-8-4-16(5-9-19)14-30-20-10-18(12-24)22(11-20)21(25)29-13-15-2-6-17(7-3-15)23(26)27/h2-9,18,20,24H,10-14H2,1H3/t18-,20?/m0/s1. The van der Waals surface area contributed by atoms with Crippen LogP contribution in [0.25, 0.3) is 0 Å². The molecule has 0 bridgehead atoms. The first-order valence-electron chi connectivity index (χ1n) is 9.52. The molecule has 2 aromatic rings. The molecule has 1 unspecified atom stereocenters. The van der Waals surface area contributed by atoms with Gasteiger partial charge in [-0.1, -0.05) is 12.1 Å². The molecule has 0 aromatic heterocycles. The molecule has 1 N–H and O–H groups in total. The van der Waals surface area contributed by atoms with Gasteiger partial charge in [0.2, 0.25) is 0 Å². The number of nitrogens with zero attached hydrogens (tertiary/aromatic N) is 2. The maximum atomic E-state index is 12.5. The number of rotatable bonds is 8. The van der Waals surface area contributed by atoms with E-state index in [0.717, 1.165) is 11.5 Å². The normalized spacial score (nSPS) is 18.3. The summed E-state index contributed by atoms with van der Waals surface area (Å²) in [5.74, 6) is 1.62. The summed E-state index contributed by atoms with van der Waals surface area (Å²) in [5, 5.41) is 20.6. The number of hydrogen-bond acceptors (Lipinski definition) is 7. The Bertz CT molecular complexity index is 859.